The van der Waals surface area contributed by atoms with Crippen LogP contribution in [-0.4, -0.2) is 46.7 Å². The molecule has 150 valence electrons. The van der Waals surface area contributed by atoms with Crippen molar-refractivity contribution in [1.82, 2.24) is 20.2 Å². The van der Waals surface area contributed by atoms with Gasteiger partial charge in [0, 0.05) is 17.7 Å². The summed E-state index contributed by atoms with van der Waals surface area (Å²) in [7, 11) is -3.33. The number of carbonyl (C=O) groups is 1. The van der Waals surface area contributed by atoms with Crippen molar-refractivity contribution in [2.24, 2.45) is 0 Å². The van der Waals surface area contributed by atoms with Crippen molar-refractivity contribution in [2.75, 3.05) is 16.6 Å². The third-order valence-electron chi connectivity index (χ3n) is 4.80. The molecule has 1 aromatic heterocycles. The summed E-state index contributed by atoms with van der Waals surface area (Å²) in [6, 6.07) is 10.7. The number of hydrogen-bond donors (Lipinski definition) is 0. The zero-order valence-corrected chi connectivity index (χ0v) is 16.4. The lowest BCUT2D eigenvalue weighted by molar-refractivity contribution is 0.0961. The van der Waals surface area contributed by atoms with Gasteiger partial charge in [0.15, 0.2) is 5.78 Å². The average Bonchev–Trinajstić information content (AvgIpc) is 3.35. The Labute approximate surface area is 167 Å². The number of ketones is 1. The lowest BCUT2D eigenvalue weighted by atomic mass is 10.1. The maximum Gasteiger partial charge on any atom is 0.234 e. The zero-order valence-electron chi connectivity index (χ0n) is 15.6. The van der Waals surface area contributed by atoms with E-state index in [4.69, 9.17) is 0 Å². The quantitative estimate of drug-likeness (QED) is 0.572. The molecule has 2 heterocycles. The van der Waals surface area contributed by atoms with E-state index in [0.717, 1.165) is 5.56 Å². The Balaban J connectivity index is 1.51. The largest absolute Gasteiger partial charge is 0.292 e. The van der Waals surface area contributed by atoms with Gasteiger partial charge >= 0.3 is 0 Å². The normalized spacial score (nSPS) is 13.5. The van der Waals surface area contributed by atoms with E-state index in [9.17, 15) is 17.6 Å². The van der Waals surface area contributed by atoms with Crippen LogP contribution in [0, 0.1) is 5.82 Å². The maximum absolute atomic E-state index is 13.0. The molecule has 0 fully saturated rings. The van der Waals surface area contributed by atoms with Crippen LogP contribution in [0.15, 0.2) is 42.5 Å². The van der Waals surface area contributed by atoms with Crippen LogP contribution in [0.2, 0.25) is 0 Å². The number of nitrogens with zero attached hydrogens (tertiary/aromatic N) is 5. The lowest BCUT2D eigenvalue weighted by Crippen LogP contribution is -2.30. The summed E-state index contributed by atoms with van der Waals surface area (Å²) in [6.45, 7) is 1.88. The van der Waals surface area contributed by atoms with E-state index in [1.807, 2.05) is 0 Å². The first-order valence-corrected chi connectivity index (χ1v) is 10.7. The Hall–Kier alpha value is -3.14. The predicted molar refractivity (Wildman–Crippen MR) is 104 cm³/mol. The fourth-order valence-electron chi connectivity index (χ4n) is 3.23. The van der Waals surface area contributed by atoms with Crippen molar-refractivity contribution in [3.63, 3.8) is 0 Å². The highest BCUT2D eigenvalue weighted by atomic mass is 32.2. The Kier molecular flexibility index (Phi) is 4.87. The molecule has 4 rings (SSSR count). The minimum absolute atomic E-state index is 0.0292. The number of tetrazole rings is 1. The number of Topliss-reactive ketones (excluding diaryl/α,β-unsaturated/α-hetero) is 1. The Morgan fingerprint density at radius 2 is 1.93 bits per heavy atom. The van der Waals surface area contributed by atoms with E-state index >= 15 is 0 Å². The van der Waals surface area contributed by atoms with Gasteiger partial charge in [-0.25, -0.2) is 12.8 Å². The van der Waals surface area contributed by atoms with Crippen LogP contribution in [0.4, 0.5) is 10.1 Å². The number of halogens is 1. The van der Waals surface area contributed by atoms with Gasteiger partial charge in [-0.05, 0) is 66.6 Å². The molecular formula is C19H18FN5O3S. The zero-order chi connectivity index (χ0) is 20.6. The van der Waals surface area contributed by atoms with Gasteiger partial charge in [-0.2, -0.15) is 4.80 Å². The molecule has 10 heteroatoms. The molecule has 0 aliphatic carbocycles. The summed E-state index contributed by atoms with van der Waals surface area (Å²) in [5, 5.41) is 11.9. The number of aromatic nitrogens is 4. The molecule has 8 nitrogen and oxygen atoms in total. The molecule has 1 aliphatic rings. The molecule has 0 amide bonds. The van der Waals surface area contributed by atoms with Crippen molar-refractivity contribution in [3.05, 3.63) is 59.4 Å². The number of sulfonamides is 1. The monoisotopic (exact) mass is 415 g/mol. The predicted octanol–water partition coefficient (Wildman–Crippen LogP) is 2.07. The van der Waals surface area contributed by atoms with Crippen LogP contribution in [-0.2, 0) is 23.0 Å². The lowest BCUT2D eigenvalue weighted by Gasteiger charge is -2.18. The first-order valence-electron chi connectivity index (χ1n) is 9.07. The van der Waals surface area contributed by atoms with Crippen molar-refractivity contribution >= 4 is 21.5 Å². The van der Waals surface area contributed by atoms with Crippen LogP contribution in [0.1, 0.15) is 22.8 Å². The second-order valence-corrected chi connectivity index (χ2v) is 8.82. The molecule has 0 bridgehead atoms. The third kappa shape index (κ3) is 3.75. The van der Waals surface area contributed by atoms with E-state index in [1.54, 1.807) is 25.1 Å². The summed E-state index contributed by atoms with van der Waals surface area (Å²) >= 11 is 0. The molecule has 0 saturated heterocycles. The molecule has 0 radical (unpaired) electrons. The van der Waals surface area contributed by atoms with Gasteiger partial charge in [0.2, 0.25) is 15.8 Å². The number of hydrogen-bond acceptors (Lipinski definition) is 6. The van der Waals surface area contributed by atoms with Crippen LogP contribution in [0.5, 0.6) is 0 Å². The molecule has 0 unspecified atom stereocenters. The standard InChI is InChI=1S/C19H18FN5O3S/c1-2-29(27,28)24-10-9-14-11-15(5-8-17(14)24)18(26)12-25-22-19(21-23-25)13-3-6-16(20)7-4-13/h3-8,11H,2,9-10,12H2,1H3. The molecular weight excluding hydrogens is 397 g/mol. The molecule has 0 N–H and O–H groups in total. The summed E-state index contributed by atoms with van der Waals surface area (Å²) in [5.74, 6) is -0.250. The highest BCUT2D eigenvalue weighted by Crippen LogP contribution is 2.31. The SMILES string of the molecule is CCS(=O)(=O)N1CCc2cc(C(=O)Cn3nnc(-c4ccc(F)cc4)n3)ccc21. The molecule has 0 atom stereocenters. The number of rotatable bonds is 6. The third-order valence-corrected chi connectivity index (χ3v) is 6.58. The summed E-state index contributed by atoms with van der Waals surface area (Å²) < 4.78 is 38.8. The van der Waals surface area contributed by atoms with Gasteiger partial charge in [-0.15, -0.1) is 10.2 Å². The number of benzene rings is 2. The molecule has 2 aromatic carbocycles. The van der Waals surface area contributed by atoms with Crippen LogP contribution < -0.4 is 4.31 Å². The van der Waals surface area contributed by atoms with Gasteiger partial charge in [0.05, 0.1) is 11.4 Å². The first kappa shape index (κ1) is 19.2. The highest BCUT2D eigenvalue weighted by molar-refractivity contribution is 7.92. The van der Waals surface area contributed by atoms with Gasteiger partial charge in [-0.1, -0.05) is 0 Å². The molecule has 1 aliphatic heterocycles. The second kappa shape index (κ2) is 7.36. The average molecular weight is 415 g/mol. The topological polar surface area (TPSA) is 98.1 Å². The first-order chi connectivity index (χ1) is 13.9. The minimum Gasteiger partial charge on any atom is -0.292 e. The molecule has 29 heavy (non-hydrogen) atoms. The van der Waals surface area contributed by atoms with Gasteiger partial charge in [-0.3, -0.25) is 9.10 Å². The van der Waals surface area contributed by atoms with Crippen molar-refractivity contribution in [1.29, 1.82) is 0 Å². The van der Waals surface area contributed by atoms with Crippen molar-refractivity contribution in [3.8, 4) is 11.4 Å². The smallest absolute Gasteiger partial charge is 0.234 e. The van der Waals surface area contributed by atoms with Gasteiger partial charge < -0.3 is 0 Å². The molecule has 3 aromatic rings. The number of carbonyl (C=O) groups excluding carboxylic acids is 1. The van der Waals surface area contributed by atoms with E-state index in [1.165, 1.54) is 33.4 Å². The van der Waals surface area contributed by atoms with Crippen LogP contribution >= 0.6 is 0 Å². The van der Waals surface area contributed by atoms with E-state index in [-0.39, 0.29) is 23.9 Å². The Morgan fingerprint density at radius 3 is 2.66 bits per heavy atom. The van der Waals surface area contributed by atoms with E-state index in [2.05, 4.69) is 15.4 Å². The van der Waals surface area contributed by atoms with Crippen LogP contribution in [0.3, 0.4) is 0 Å². The van der Waals surface area contributed by atoms with Gasteiger partial charge in [0.25, 0.3) is 0 Å². The van der Waals surface area contributed by atoms with Gasteiger partial charge in [0.1, 0.15) is 12.4 Å². The Bertz CT molecular complexity index is 1170. The summed E-state index contributed by atoms with van der Waals surface area (Å²) in [4.78, 5) is 13.8. The van der Waals surface area contributed by atoms with Crippen LogP contribution in [0.25, 0.3) is 11.4 Å². The molecule has 0 spiro atoms. The summed E-state index contributed by atoms with van der Waals surface area (Å²) in [6.07, 6.45) is 0.561. The fourth-order valence-corrected chi connectivity index (χ4v) is 4.39. The second-order valence-electron chi connectivity index (χ2n) is 6.64. The molecule has 0 saturated carbocycles. The van der Waals surface area contributed by atoms with Crippen molar-refractivity contribution < 1.29 is 17.6 Å². The number of anilines is 1. The van der Waals surface area contributed by atoms with E-state index in [0.29, 0.717) is 35.6 Å². The highest BCUT2D eigenvalue weighted by Gasteiger charge is 2.28. The maximum atomic E-state index is 13.0. The Morgan fingerprint density at radius 1 is 1.17 bits per heavy atom. The minimum atomic E-state index is -3.33. The fraction of sp³-hybridized carbons (Fsp3) is 0.263. The van der Waals surface area contributed by atoms with E-state index < -0.39 is 10.0 Å². The van der Waals surface area contributed by atoms with Crippen molar-refractivity contribution in [2.45, 2.75) is 19.9 Å². The number of fused-ring (bicyclic) bond motifs is 1. The summed E-state index contributed by atoms with van der Waals surface area (Å²) in [5.41, 5.74) is 2.51.